The van der Waals surface area contributed by atoms with Crippen LogP contribution in [0.2, 0.25) is 5.15 Å². The molecule has 0 saturated carbocycles. The Labute approximate surface area is 210 Å². The zero-order chi connectivity index (χ0) is 24.7. The molecule has 1 fully saturated rings. The third-order valence-corrected chi connectivity index (χ3v) is 7.99. The Morgan fingerprint density at radius 2 is 1.94 bits per heavy atom. The summed E-state index contributed by atoms with van der Waals surface area (Å²) in [5.41, 5.74) is 3.27. The van der Waals surface area contributed by atoms with Crippen molar-refractivity contribution < 1.29 is 18.0 Å². The van der Waals surface area contributed by atoms with Gasteiger partial charge in [-0.1, -0.05) is 23.7 Å². The maximum Gasteiger partial charge on any atom is 0.413 e. The number of nitrogens with zero attached hydrogens (tertiary/aromatic N) is 5. The van der Waals surface area contributed by atoms with Gasteiger partial charge >= 0.3 is 6.18 Å². The second-order valence-electron chi connectivity index (χ2n) is 8.95. The van der Waals surface area contributed by atoms with E-state index in [9.17, 15) is 18.0 Å². The molecule has 1 atom stereocenters. The third kappa shape index (κ3) is 4.70. The predicted octanol–water partition coefficient (Wildman–Crippen LogP) is 5.67. The number of fused-ring (bicyclic) bond motifs is 3. The number of anilines is 2. The molecule has 0 radical (unpaired) electrons. The van der Waals surface area contributed by atoms with Crippen molar-refractivity contribution in [2.45, 2.75) is 37.9 Å². The highest BCUT2D eigenvalue weighted by Gasteiger charge is 2.46. The highest BCUT2D eigenvalue weighted by molar-refractivity contribution is 7.99. The summed E-state index contributed by atoms with van der Waals surface area (Å²) in [5, 5.41) is 4.68. The molecule has 0 aliphatic carbocycles. The first kappa shape index (κ1) is 24.2. The van der Waals surface area contributed by atoms with Gasteiger partial charge in [0.25, 0.3) is 0 Å². The Morgan fingerprint density at radius 1 is 1.23 bits per heavy atom. The van der Waals surface area contributed by atoms with Crippen molar-refractivity contribution >= 4 is 46.3 Å². The molecule has 11 heteroatoms. The van der Waals surface area contributed by atoms with Crippen molar-refractivity contribution in [3.63, 3.8) is 0 Å². The van der Waals surface area contributed by atoms with Crippen LogP contribution in [0, 0.1) is 5.92 Å². The summed E-state index contributed by atoms with van der Waals surface area (Å²) >= 11 is 7.79. The Kier molecular flexibility index (Phi) is 6.61. The maximum absolute atomic E-state index is 14.1. The second-order valence-corrected chi connectivity index (χ2v) is 10.6. The van der Waals surface area contributed by atoms with Crippen LogP contribution >= 0.6 is 23.4 Å². The van der Waals surface area contributed by atoms with Crippen LogP contribution in [0.4, 0.5) is 24.5 Å². The summed E-state index contributed by atoms with van der Waals surface area (Å²) < 4.78 is 44.2. The van der Waals surface area contributed by atoms with Gasteiger partial charge in [0.2, 0.25) is 5.91 Å². The van der Waals surface area contributed by atoms with Gasteiger partial charge in [-0.3, -0.25) is 4.79 Å². The van der Waals surface area contributed by atoms with Crippen LogP contribution in [-0.4, -0.2) is 56.7 Å². The number of amides is 1. The molecular formula is C24H25ClF3N5OS. The van der Waals surface area contributed by atoms with Crippen LogP contribution in [0.3, 0.4) is 0 Å². The maximum atomic E-state index is 14.1. The summed E-state index contributed by atoms with van der Waals surface area (Å²) in [6, 6.07) is 6.01. The van der Waals surface area contributed by atoms with Crippen molar-refractivity contribution in [3.8, 4) is 0 Å². The number of halogens is 4. The van der Waals surface area contributed by atoms with E-state index in [1.165, 1.54) is 19.2 Å². The molecule has 0 unspecified atom stereocenters. The second kappa shape index (κ2) is 9.54. The fourth-order valence-corrected chi connectivity index (χ4v) is 6.31. The largest absolute Gasteiger partial charge is 0.413 e. The number of hydrogen-bond donors (Lipinski definition) is 0. The topological polar surface area (TPSA) is 53.7 Å². The monoisotopic (exact) mass is 523 g/mol. The third-order valence-electron chi connectivity index (χ3n) is 6.75. The van der Waals surface area contributed by atoms with Crippen molar-refractivity contribution in [1.29, 1.82) is 0 Å². The van der Waals surface area contributed by atoms with Crippen LogP contribution in [0.1, 0.15) is 36.6 Å². The number of alkyl halides is 3. The average molecular weight is 524 g/mol. The summed E-state index contributed by atoms with van der Waals surface area (Å²) in [5.74, 6) is 0.822. The molecular weight excluding hydrogens is 499 g/mol. The Balaban J connectivity index is 1.43. The minimum atomic E-state index is -4.58. The molecule has 2 aliphatic heterocycles. The van der Waals surface area contributed by atoms with E-state index in [0.717, 1.165) is 46.3 Å². The van der Waals surface area contributed by atoms with E-state index < -0.39 is 18.1 Å². The van der Waals surface area contributed by atoms with E-state index in [2.05, 4.69) is 10.1 Å². The SMILES string of the molecule is CN(C(=O)C1CCSCC1)[C@@H](c1ccc(N2CCCc3c2cnc2cc(Cl)nn32)cc1)C(F)(F)F. The van der Waals surface area contributed by atoms with Crippen LogP contribution in [0.15, 0.2) is 36.5 Å². The molecule has 0 N–H and O–H groups in total. The van der Waals surface area contributed by atoms with Crippen LogP contribution < -0.4 is 4.90 Å². The lowest BCUT2D eigenvalue weighted by atomic mass is 9.98. The molecule has 0 spiro atoms. The molecule has 2 aliphatic rings. The molecule has 35 heavy (non-hydrogen) atoms. The fraction of sp³-hybridized carbons (Fsp3) is 0.458. The van der Waals surface area contributed by atoms with Gasteiger partial charge in [-0.2, -0.15) is 30.0 Å². The quantitative estimate of drug-likeness (QED) is 0.441. The summed E-state index contributed by atoms with van der Waals surface area (Å²) in [6.45, 7) is 0.704. The molecule has 4 heterocycles. The zero-order valence-electron chi connectivity index (χ0n) is 19.1. The van der Waals surface area contributed by atoms with E-state index >= 15 is 0 Å². The van der Waals surface area contributed by atoms with Gasteiger partial charge < -0.3 is 9.80 Å². The number of hydrogen-bond acceptors (Lipinski definition) is 5. The number of rotatable bonds is 4. The smallest absolute Gasteiger partial charge is 0.339 e. The predicted molar refractivity (Wildman–Crippen MR) is 131 cm³/mol. The minimum absolute atomic E-state index is 0.0481. The number of carbonyl (C=O) groups excluding carboxylic acids is 1. The van der Waals surface area contributed by atoms with Gasteiger partial charge in [0.05, 0.1) is 17.6 Å². The molecule has 3 aromatic rings. The number of aryl methyl sites for hydroxylation is 1. The van der Waals surface area contributed by atoms with E-state index in [4.69, 9.17) is 11.6 Å². The highest BCUT2D eigenvalue weighted by Crippen LogP contribution is 2.40. The molecule has 1 saturated heterocycles. The fourth-order valence-electron chi connectivity index (χ4n) is 5.03. The highest BCUT2D eigenvalue weighted by atomic mass is 35.5. The molecule has 1 aromatic carbocycles. The van der Waals surface area contributed by atoms with E-state index in [-0.39, 0.29) is 11.5 Å². The molecule has 2 aromatic heterocycles. The normalized spacial score (nSPS) is 17.9. The van der Waals surface area contributed by atoms with Gasteiger partial charge in [-0.05, 0) is 54.9 Å². The van der Waals surface area contributed by atoms with E-state index in [1.807, 2.05) is 4.90 Å². The molecule has 1 amide bonds. The number of aromatic nitrogens is 3. The van der Waals surface area contributed by atoms with Gasteiger partial charge in [0.1, 0.15) is 0 Å². The molecule has 0 bridgehead atoms. The lowest BCUT2D eigenvalue weighted by molar-refractivity contribution is -0.190. The Hall–Kier alpha value is -2.46. The summed E-state index contributed by atoms with van der Waals surface area (Å²) in [6.07, 6.45) is 0.0607. The van der Waals surface area contributed by atoms with Crippen molar-refractivity contribution in [3.05, 3.63) is 52.9 Å². The van der Waals surface area contributed by atoms with Crippen molar-refractivity contribution in [2.75, 3.05) is 30.0 Å². The van der Waals surface area contributed by atoms with E-state index in [1.54, 1.807) is 40.7 Å². The molecule has 6 nitrogen and oxygen atoms in total. The molecule has 5 rings (SSSR count). The van der Waals surface area contributed by atoms with Crippen molar-refractivity contribution in [1.82, 2.24) is 19.5 Å². The standard InChI is InChI=1S/C24H25ClF3N5OS/c1-31(23(34)16-8-11-35-12-9-16)22(24(26,27)28)15-4-6-17(7-5-15)32-10-2-3-18-19(32)14-29-21-13-20(25)30-33(18)21/h4-7,13-14,16,22H,2-3,8-12H2,1H3/t22-/m0/s1. The Morgan fingerprint density at radius 3 is 2.63 bits per heavy atom. The molecule has 186 valence electrons. The van der Waals surface area contributed by atoms with Crippen LogP contribution in [-0.2, 0) is 11.2 Å². The van der Waals surface area contributed by atoms with Crippen LogP contribution in [0.5, 0.6) is 0 Å². The first-order valence-corrected chi connectivity index (χ1v) is 13.1. The van der Waals surface area contributed by atoms with Gasteiger partial charge in [-0.25, -0.2) is 9.50 Å². The number of thioether (sulfide) groups is 1. The van der Waals surface area contributed by atoms with Gasteiger partial charge in [-0.15, -0.1) is 0 Å². The van der Waals surface area contributed by atoms with E-state index in [0.29, 0.717) is 30.2 Å². The first-order valence-electron chi connectivity index (χ1n) is 11.6. The van der Waals surface area contributed by atoms with Crippen LogP contribution in [0.25, 0.3) is 5.65 Å². The minimum Gasteiger partial charge on any atom is -0.339 e. The van der Waals surface area contributed by atoms with Gasteiger partial charge in [0.15, 0.2) is 16.8 Å². The zero-order valence-corrected chi connectivity index (χ0v) is 20.7. The summed E-state index contributed by atoms with van der Waals surface area (Å²) in [7, 11) is 1.27. The number of benzene rings is 1. The number of carbonyl (C=O) groups is 1. The Bertz CT molecular complexity index is 1230. The summed E-state index contributed by atoms with van der Waals surface area (Å²) in [4.78, 5) is 20.3. The lowest BCUT2D eigenvalue weighted by Crippen LogP contribution is -2.43. The lowest BCUT2D eigenvalue weighted by Gasteiger charge is -2.34. The van der Waals surface area contributed by atoms with Gasteiger partial charge in [0, 0.05) is 31.3 Å². The van der Waals surface area contributed by atoms with Crippen molar-refractivity contribution in [2.24, 2.45) is 5.92 Å². The first-order chi connectivity index (χ1) is 16.7. The average Bonchev–Trinajstić information content (AvgIpc) is 3.24.